The number of rotatable bonds is 5. The molecule has 6 heteroatoms. The van der Waals surface area contributed by atoms with E-state index >= 15 is 0 Å². The van der Waals surface area contributed by atoms with Crippen molar-refractivity contribution in [1.82, 2.24) is 10.6 Å². The van der Waals surface area contributed by atoms with Crippen molar-refractivity contribution in [2.75, 3.05) is 0 Å². The molecule has 0 aliphatic heterocycles. The van der Waals surface area contributed by atoms with Gasteiger partial charge in [-0.15, -0.1) is 0 Å². The summed E-state index contributed by atoms with van der Waals surface area (Å²) in [5.74, 6) is -1.29. The lowest BCUT2D eigenvalue weighted by molar-refractivity contribution is -0.115. The summed E-state index contributed by atoms with van der Waals surface area (Å²) in [4.78, 5) is 22.5. The van der Waals surface area contributed by atoms with Crippen molar-refractivity contribution in [3.05, 3.63) is 77.4 Å². The number of hydrogen-bond donors (Lipinski definition) is 3. The lowest BCUT2D eigenvalue weighted by Crippen LogP contribution is -2.37. The molecular weight excluding hydrogens is 324 g/mol. The standard InChI is InChI=1S/C18H16N2O3S/c21-16(11-8-13-4-2-1-3-5-13)20-18(24)19-12-14-6-9-15(10-7-14)17(22)23/h1-11H,12H2,(H,22,23)(H2,19,20,21,24)/b11-8+. The number of aromatic carboxylic acids is 1. The number of benzene rings is 2. The van der Waals surface area contributed by atoms with Crippen molar-refractivity contribution in [2.24, 2.45) is 0 Å². The molecule has 0 radical (unpaired) electrons. The van der Waals surface area contributed by atoms with Gasteiger partial charge in [0.2, 0.25) is 5.91 Å². The average molecular weight is 340 g/mol. The molecule has 122 valence electrons. The third-order valence-corrected chi connectivity index (χ3v) is 3.36. The molecule has 2 aromatic rings. The zero-order valence-corrected chi connectivity index (χ0v) is 13.5. The molecule has 0 unspecified atom stereocenters. The van der Waals surface area contributed by atoms with Crippen molar-refractivity contribution < 1.29 is 14.7 Å². The highest BCUT2D eigenvalue weighted by Gasteiger charge is 2.03. The number of carboxylic acids is 1. The van der Waals surface area contributed by atoms with Crippen molar-refractivity contribution >= 4 is 35.3 Å². The van der Waals surface area contributed by atoms with Crippen LogP contribution in [0.2, 0.25) is 0 Å². The molecule has 0 saturated heterocycles. The van der Waals surface area contributed by atoms with Crippen LogP contribution in [-0.2, 0) is 11.3 Å². The summed E-state index contributed by atoms with van der Waals surface area (Å²) in [6.07, 6.45) is 3.10. The van der Waals surface area contributed by atoms with Gasteiger partial charge in [0.15, 0.2) is 5.11 Å². The quantitative estimate of drug-likeness (QED) is 0.576. The molecule has 0 fully saturated rings. The van der Waals surface area contributed by atoms with Crippen LogP contribution in [0.15, 0.2) is 60.7 Å². The van der Waals surface area contributed by atoms with E-state index in [-0.39, 0.29) is 16.6 Å². The van der Waals surface area contributed by atoms with Gasteiger partial charge in [0.1, 0.15) is 0 Å². The predicted molar refractivity (Wildman–Crippen MR) is 96.5 cm³/mol. The minimum absolute atomic E-state index is 0.208. The first-order valence-electron chi connectivity index (χ1n) is 7.19. The van der Waals surface area contributed by atoms with Crippen LogP contribution in [0.1, 0.15) is 21.5 Å². The number of hydrogen-bond acceptors (Lipinski definition) is 3. The summed E-state index contributed by atoms with van der Waals surface area (Å²) in [6, 6.07) is 15.9. The fourth-order valence-corrected chi connectivity index (χ4v) is 2.05. The third kappa shape index (κ3) is 5.66. The Bertz CT molecular complexity index is 756. The smallest absolute Gasteiger partial charge is 0.335 e. The van der Waals surface area contributed by atoms with E-state index in [1.54, 1.807) is 18.2 Å². The Labute approximate surface area is 145 Å². The summed E-state index contributed by atoms with van der Waals surface area (Å²) >= 11 is 5.06. The van der Waals surface area contributed by atoms with Gasteiger partial charge in [0, 0.05) is 12.6 Å². The van der Waals surface area contributed by atoms with Crippen LogP contribution in [-0.4, -0.2) is 22.1 Å². The molecule has 0 aliphatic carbocycles. The maximum absolute atomic E-state index is 11.8. The van der Waals surface area contributed by atoms with E-state index in [0.29, 0.717) is 6.54 Å². The highest BCUT2D eigenvalue weighted by Crippen LogP contribution is 2.04. The van der Waals surface area contributed by atoms with Crippen molar-refractivity contribution in [3.8, 4) is 0 Å². The van der Waals surface area contributed by atoms with Gasteiger partial charge in [-0.3, -0.25) is 10.1 Å². The molecule has 2 rings (SSSR count). The number of thiocarbonyl (C=S) groups is 1. The van der Waals surface area contributed by atoms with Crippen LogP contribution in [0.4, 0.5) is 0 Å². The number of amides is 1. The molecule has 0 bridgehead atoms. The monoisotopic (exact) mass is 340 g/mol. The first-order chi connectivity index (χ1) is 11.5. The molecule has 3 N–H and O–H groups in total. The molecule has 2 aromatic carbocycles. The van der Waals surface area contributed by atoms with Gasteiger partial charge in [-0.1, -0.05) is 42.5 Å². The van der Waals surface area contributed by atoms with Crippen molar-refractivity contribution in [1.29, 1.82) is 0 Å². The number of carbonyl (C=O) groups is 2. The van der Waals surface area contributed by atoms with E-state index in [9.17, 15) is 9.59 Å². The SMILES string of the molecule is O=C(/C=C/c1ccccc1)NC(=S)NCc1ccc(C(=O)O)cc1. The van der Waals surface area contributed by atoms with Crippen LogP contribution in [0.25, 0.3) is 6.08 Å². The fourth-order valence-electron chi connectivity index (χ4n) is 1.88. The highest BCUT2D eigenvalue weighted by molar-refractivity contribution is 7.80. The van der Waals surface area contributed by atoms with Gasteiger partial charge in [-0.05, 0) is 41.6 Å². The molecule has 0 aliphatic rings. The summed E-state index contributed by atoms with van der Waals surface area (Å²) in [5.41, 5.74) is 2.00. The normalized spacial score (nSPS) is 10.3. The molecule has 5 nitrogen and oxygen atoms in total. The number of carbonyl (C=O) groups excluding carboxylic acids is 1. The number of carboxylic acid groups (broad SMARTS) is 1. The van der Waals surface area contributed by atoms with E-state index in [1.807, 2.05) is 30.3 Å². The first kappa shape index (κ1) is 17.4. The Morgan fingerprint density at radius 2 is 1.71 bits per heavy atom. The highest BCUT2D eigenvalue weighted by atomic mass is 32.1. The zero-order chi connectivity index (χ0) is 17.4. The van der Waals surface area contributed by atoms with E-state index in [2.05, 4.69) is 10.6 Å². The Balaban J connectivity index is 1.79. The van der Waals surface area contributed by atoms with E-state index in [4.69, 9.17) is 17.3 Å². The minimum Gasteiger partial charge on any atom is -0.478 e. The molecule has 0 atom stereocenters. The Morgan fingerprint density at radius 1 is 1.04 bits per heavy atom. The van der Waals surface area contributed by atoms with Gasteiger partial charge in [-0.25, -0.2) is 4.79 Å². The second-order valence-electron chi connectivity index (χ2n) is 4.92. The van der Waals surface area contributed by atoms with Gasteiger partial charge < -0.3 is 10.4 Å². The molecule has 24 heavy (non-hydrogen) atoms. The first-order valence-corrected chi connectivity index (χ1v) is 7.59. The van der Waals surface area contributed by atoms with Crippen LogP contribution >= 0.6 is 12.2 Å². The largest absolute Gasteiger partial charge is 0.478 e. The Morgan fingerprint density at radius 3 is 2.33 bits per heavy atom. The minimum atomic E-state index is -0.970. The van der Waals surface area contributed by atoms with Crippen LogP contribution < -0.4 is 10.6 Å². The van der Waals surface area contributed by atoms with E-state index in [0.717, 1.165) is 11.1 Å². The molecule has 0 saturated carbocycles. The van der Waals surface area contributed by atoms with Gasteiger partial charge in [-0.2, -0.15) is 0 Å². The third-order valence-electron chi connectivity index (χ3n) is 3.12. The molecule has 0 heterocycles. The topological polar surface area (TPSA) is 78.4 Å². The van der Waals surface area contributed by atoms with Gasteiger partial charge >= 0.3 is 5.97 Å². The van der Waals surface area contributed by atoms with Gasteiger partial charge in [0.25, 0.3) is 0 Å². The summed E-state index contributed by atoms with van der Waals surface area (Å²) in [5, 5.41) is 14.5. The Hall–Kier alpha value is -2.99. The summed E-state index contributed by atoms with van der Waals surface area (Å²) in [7, 11) is 0. The maximum atomic E-state index is 11.8. The van der Waals surface area contributed by atoms with Crippen LogP contribution in [0.3, 0.4) is 0 Å². The molecule has 0 spiro atoms. The van der Waals surface area contributed by atoms with Gasteiger partial charge in [0.05, 0.1) is 5.56 Å². The molecule has 1 amide bonds. The average Bonchev–Trinajstić information content (AvgIpc) is 2.59. The zero-order valence-electron chi connectivity index (χ0n) is 12.7. The van der Waals surface area contributed by atoms with Crippen molar-refractivity contribution in [3.63, 3.8) is 0 Å². The maximum Gasteiger partial charge on any atom is 0.335 e. The fraction of sp³-hybridized carbons (Fsp3) is 0.0556. The van der Waals surface area contributed by atoms with Crippen LogP contribution in [0.5, 0.6) is 0 Å². The lowest BCUT2D eigenvalue weighted by atomic mass is 10.1. The Kier molecular flexibility index (Phi) is 6.22. The lowest BCUT2D eigenvalue weighted by Gasteiger charge is -2.08. The van der Waals surface area contributed by atoms with E-state index < -0.39 is 5.97 Å². The van der Waals surface area contributed by atoms with Crippen LogP contribution in [0, 0.1) is 0 Å². The second-order valence-corrected chi connectivity index (χ2v) is 5.33. The van der Waals surface area contributed by atoms with E-state index in [1.165, 1.54) is 18.2 Å². The van der Waals surface area contributed by atoms with Crippen molar-refractivity contribution in [2.45, 2.75) is 6.54 Å². The number of nitrogens with one attached hydrogen (secondary N) is 2. The second kappa shape index (κ2) is 8.59. The predicted octanol–water partition coefficient (Wildman–Crippen LogP) is 2.59. The summed E-state index contributed by atoms with van der Waals surface area (Å²) in [6.45, 7) is 0.390. The molecule has 0 aromatic heterocycles. The summed E-state index contributed by atoms with van der Waals surface area (Å²) < 4.78 is 0. The molecular formula is C18H16N2O3S.